The van der Waals surface area contributed by atoms with E-state index < -0.39 is 8.32 Å². The fourth-order valence-corrected chi connectivity index (χ4v) is 2.54. The summed E-state index contributed by atoms with van der Waals surface area (Å²) in [7, 11) is 0.305. The molecule has 2 nitrogen and oxygen atoms in total. The van der Waals surface area contributed by atoms with Crippen LogP contribution in [0.2, 0.25) is 19.6 Å². The van der Waals surface area contributed by atoms with Gasteiger partial charge in [-0.25, -0.2) is 0 Å². The highest BCUT2D eigenvalue weighted by Crippen LogP contribution is 2.14. The molecule has 0 heterocycles. The van der Waals surface area contributed by atoms with Crippen LogP contribution in [-0.2, 0) is 9.16 Å². The van der Waals surface area contributed by atoms with Gasteiger partial charge in [-0.2, -0.15) is 0 Å². The van der Waals surface area contributed by atoms with Crippen LogP contribution in [0.5, 0.6) is 0 Å². The first-order valence-electron chi connectivity index (χ1n) is 6.20. The summed E-state index contributed by atoms with van der Waals surface area (Å²) >= 11 is 0. The third kappa shape index (κ3) is 10.4. The molecule has 3 heteroatoms. The number of unbranched alkanes of at least 4 members (excludes halogenated alkanes) is 4. The first kappa shape index (κ1) is 15.1. The molecule has 1 unspecified atom stereocenters. The van der Waals surface area contributed by atoms with Crippen molar-refractivity contribution in [1.29, 1.82) is 0 Å². The molecule has 92 valence electrons. The Bertz CT molecular complexity index is 143. The molecule has 0 amide bonds. The van der Waals surface area contributed by atoms with E-state index in [1.807, 2.05) is 0 Å². The monoisotopic (exact) mass is 232 g/mol. The van der Waals surface area contributed by atoms with Crippen LogP contribution >= 0.6 is 0 Å². The van der Waals surface area contributed by atoms with Gasteiger partial charge in [0.15, 0.2) is 8.32 Å². The molecule has 0 saturated carbocycles. The van der Waals surface area contributed by atoms with E-state index in [0.29, 0.717) is 0 Å². The third-order valence-corrected chi connectivity index (χ3v) is 3.26. The second-order valence-corrected chi connectivity index (χ2v) is 9.56. The molecule has 0 aliphatic rings. The lowest BCUT2D eigenvalue weighted by Crippen LogP contribution is -2.33. The molecule has 0 N–H and O–H groups in total. The zero-order valence-electron chi connectivity index (χ0n) is 11.1. The SMILES string of the molecule is CCCCCCCC(OC)O[Si](C)(C)C. The molecular formula is C12H28O2Si. The lowest BCUT2D eigenvalue weighted by molar-refractivity contribution is -0.0652. The lowest BCUT2D eigenvalue weighted by Gasteiger charge is -2.25. The van der Waals surface area contributed by atoms with Gasteiger partial charge in [0.1, 0.15) is 6.29 Å². The Morgan fingerprint density at radius 2 is 1.60 bits per heavy atom. The van der Waals surface area contributed by atoms with E-state index in [9.17, 15) is 0 Å². The summed E-state index contributed by atoms with van der Waals surface area (Å²) in [6, 6.07) is 0. The van der Waals surface area contributed by atoms with Crippen molar-refractivity contribution >= 4 is 8.32 Å². The molecular weight excluding hydrogens is 204 g/mol. The van der Waals surface area contributed by atoms with Crippen LogP contribution in [0.15, 0.2) is 0 Å². The van der Waals surface area contributed by atoms with Crippen LogP contribution in [0.25, 0.3) is 0 Å². The maximum Gasteiger partial charge on any atom is 0.187 e. The zero-order chi connectivity index (χ0) is 11.7. The second kappa shape index (κ2) is 8.31. The van der Waals surface area contributed by atoms with Crippen molar-refractivity contribution in [2.24, 2.45) is 0 Å². The van der Waals surface area contributed by atoms with Gasteiger partial charge >= 0.3 is 0 Å². The van der Waals surface area contributed by atoms with E-state index in [2.05, 4.69) is 26.6 Å². The molecule has 0 aliphatic carbocycles. The first-order valence-corrected chi connectivity index (χ1v) is 9.61. The Kier molecular flexibility index (Phi) is 8.38. The second-order valence-electron chi connectivity index (χ2n) is 5.10. The molecule has 0 radical (unpaired) electrons. The summed E-state index contributed by atoms with van der Waals surface area (Å²) in [5.41, 5.74) is 0. The van der Waals surface area contributed by atoms with Crippen molar-refractivity contribution in [3.05, 3.63) is 0 Å². The molecule has 0 aromatic carbocycles. The van der Waals surface area contributed by atoms with Crippen molar-refractivity contribution in [3.8, 4) is 0 Å². The molecule has 0 aromatic heterocycles. The van der Waals surface area contributed by atoms with E-state index in [4.69, 9.17) is 9.16 Å². The van der Waals surface area contributed by atoms with Crippen LogP contribution in [-0.4, -0.2) is 21.7 Å². The van der Waals surface area contributed by atoms with Crippen molar-refractivity contribution in [2.75, 3.05) is 7.11 Å². The zero-order valence-corrected chi connectivity index (χ0v) is 12.1. The minimum Gasteiger partial charge on any atom is -0.393 e. The van der Waals surface area contributed by atoms with Crippen LogP contribution < -0.4 is 0 Å². The molecule has 0 saturated heterocycles. The van der Waals surface area contributed by atoms with Gasteiger partial charge in [0.05, 0.1) is 0 Å². The Labute approximate surface area is 96.5 Å². The van der Waals surface area contributed by atoms with E-state index >= 15 is 0 Å². The maximum absolute atomic E-state index is 5.91. The maximum atomic E-state index is 5.91. The molecule has 0 bridgehead atoms. The minimum atomic E-state index is -1.44. The molecule has 15 heavy (non-hydrogen) atoms. The molecule has 0 aliphatic heterocycles. The van der Waals surface area contributed by atoms with E-state index in [-0.39, 0.29) is 6.29 Å². The fourth-order valence-electron chi connectivity index (χ4n) is 1.53. The van der Waals surface area contributed by atoms with Gasteiger partial charge in [-0.1, -0.05) is 32.6 Å². The van der Waals surface area contributed by atoms with Gasteiger partial charge < -0.3 is 9.16 Å². The summed E-state index contributed by atoms with van der Waals surface area (Å²) < 4.78 is 11.3. The van der Waals surface area contributed by atoms with Crippen LogP contribution in [0, 0.1) is 0 Å². The average Bonchev–Trinajstić information content (AvgIpc) is 2.14. The molecule has 0 aromatic rings. The highest BCUT2D eigenvalue weighted by molar-refractivity contribution is 6.69. The van der Waals surface area contributed by atoms with Gasteiger partial charge in [0.25, 0.3) is 0 Å². The van der Waals surface area contributed by atoms with Gasteiger partial charge in [-0.05, 0) is 32.5 Å². The third-order valence-electron chi connectivity index (χ3n) is 2.29. The van der Waals surface area contributed by atoms with Crippen LogP contribution in [0.4, 0.5) is 0 Å². The summed E-state index contributed by atoms with van der Waals surface area (Å²) in [6.45, 7) is 8.86. The minimum absolute atomic E-state index is 0.0262. The van der Waals surface area contributed by atoms with E-state index in [0.717, 1.165) is 6.42 Å². The van der Waals surface area contributed by atoms with Gasteiger partial charge in [-0.15, -0.1) is 0 Å². The number of hydrogen-bond acceptors (Lipinski definition) is 2. The lowest BCUT2D eigenvalue weighted by atomic mass is 10.1. The van der Waals surface area contributed by atoms with E-state index in [1.54, 1.807) is 7.11 Å². The van der Waals surface area contributed by atoms with E-state index in [1.165, 1.54) is 32.1 Å². The van der Waals surface area contributed by atoms with Crippen molar-refractivity contribution in [1.82, 2.24) is 0 Å². The summed E-state index contributed by atoms with van der Waals surface area (Å²) in [5, 5.41) is 0. The number of methoxy groups -OCH3 is 1. The van der Waals surface area contributed by atoms with Crippen molar-refractivity contribution in [2.45, 2.75) is 71.4 Å². The summed E-state index contributed by atoms with van der Waals surface area (Å²) in [5.74, 6) is 0. The Hall–Kier alpha value is 0.137. The fraction of sp³-hybridized carbons (Fsp3) is 1.00. The van der Waals surface area contributed by atoms with Crippen molar-refractivity contribution < 1.29 is 9.16 Å². The normalized spacial score (nSPS) is 14.2. The molecule has 1 atom stereocenters. The van der Waals surface area contributed by atoms with Gasteiger partial charge in [-0.3, -0.25) is 0 Å². The molecule has 0 fully saturated rings. The van der Waals surface area contributed by atoms with Crippen LogP contribution in [0.3, 0.4) is 0 Å². The quantitative estimate of drug-likeness (QED) is 0.337. The number of ether oxygens (including phenoxy) is 1. The topological polar surface area (TPSA) is 18.5 Å². The predicted molar refractivity (Wildman–Crippen MR) is 68.6 cm³/mol. The number of rotatable bonds is 9. The predicted octanol–water partition coefficient (Wildman–Crippen LogP) is 4.17. The highest BCUT2D eigenvalue weighted by atomic mass is 28.4. The summed E-state index contributed by atoms with van der Waals surface area (Å²) in [6.07, 6.45) is 7.61. The van der Waals surface area contributed by atoms with Gasteiger partial charge in [0, 0.05) is 7.11 Å². The summed E-state index contributed by atoms with van der Waals surface area (Å²) in [4.78, 5) is 0. The van der Waals surface area contributed by atoms with Crippen molar-refractivity contribution in [3.63, 3.8) is 0 Å². The average molecular weight is 232 g/mol. The molecule has 0 spiro atoms. The highest BCUT2D eigenvalue weighted by Gasteiger charge is 2.20. The molecule has 0 rings (SSSR count). The van der Waals surface area contributed by atoms with Gasteiger partial charge in [0.2, 0.25) is 0 Å². The Morgan fingerprint density at radius 1 is 1.00 bits per heavy atom. The smallest absolute Gasteiger partial charge is 0.187 e. The Morgan fingerprint density at radius 3 is 2.07 bits per heavy atom. The first-order chi connectivity index (χ1) is 6.99. The standard InChI is InChI=1S/C12H28O2Si/c1-6-7-8-9-10-11-12(13-2)14-15(3,4)5/h12H,6-11H2,1-5H3. The largest absolute Gasteiger partial charge is 0.393 e. The number of hydrogen-bond donors (Lipinski definition) is 0. The van der Waals surface area contributed by atoms with Crippen LogP contribution in [0.1, 0.15) is 45.4 Å². The Balaban J connectivity index is 3.53.